The Balaban J connectivity index is 0.000000106. The summed E-state index contributed by atoms with van der Waals surface area (Å²) in [5.74, 6) is 9.27. The smallest absolute Gasteiger partial charge is 0.115 e. The molecule has 0 aromatic heterocycles. The predicted octanol–water partition coefficient (Wildman–Crippen LogP) is 20.4. The number of benzene rings is 6. The van der Waals surface area contributed by atoms with Gasteiger partial charge in [0, 0.05) is 88.2 Å². The molecular weight excluding hydrogens is 1550 g/mol. The highest BCUT2D eigenvalue weighted by Crippen LogP contribution is 2.58. The van der Waals surface area contributed by atoms with Crippen LogP contribution >= 0.6 is 0 Å². The number of rotatable bonds is 12. The number of ether oxygens (including phenoxy) is 2. The van der Waals surface area contributed by atoms with Gasteiger partial charge in [0.25, 0.3) is 0 Å². The van der Waals surface area contributed by atoms with E-state index < -0.39 is 0 Å². The van der Waals surface area contributed by atoms with Crippen molar-refractivity contribution in [3.05, 3.63) is 176 Å². The second-order valence-corrected chi connectivity index (χ2v) is 46.2. The highest BCUT2D eigenvalue weighted by Gasteiger charge is 2.57. The van der Waals surface area contributed by atoms with Gasteiger partial charge in [-0.1, -0.05) is 140 Å². The quantitative estimate of drug-likeness (QED) is 0.0687. The topological polar surface area (TPSA) is 159 Å². The minimum absolute atomic E-state index is 0.195. The summed E-state index contributed by atoms with van der Waals surface area (Å²) < 4.78 is 11.1. The van der Waals surface area contributed by atoms with Crippen LogP contribution in [-0.2, 0) is 80.5 Å². The van der Waals surface area contributed by atoms with Gasteiger partial charge in [-0.25, -0.2) is 0 Å². The molecule has 6 unspecified atom stereocenters. The molecule has 9 aliphatic carbocycles. The lowest BCUT2D eigenvalue weighted by atomic mass is 9.58. The number of likely N-dealkylation sites (tertiary alicyclic amines) is 6. The highest BCUT2D eigenvalue weighted by atomic mass is 16.5. The van der Waals surface area contributed by atoms with E-state index in [-0.39, 0.29) is 32.5 Å². The fraction of sp³-hybridized carbons (Fsp3) is 0.676. The number of hydrogen-bond donors (Lipinski definition) is 6. The normalized spacial score (nSPS) is 35.8. The van der Waals surface area contributed by atoms with Crippen molar-refractivity contribution in [2.45, 2.75) is 333 Å². The molecule has 6 aromatic carbocycles. The lowest BCUT2D eigenvalue weighted by Gasteiger charge is -2.56. The van der Waals surface area contributed by atoms with E-state index in [1.807, 2.05) is 72.8 Å². The molecule has 7 saturated heterocycles. The van der Waals surface area contributed by atoms with Crippen LogP contribution in [0.5, 0.6) is 34.5 Å². The molecule has 6 N–H and O–H groups in total. The number of fused-ring (bicyclic) bond motifs is 24. The Morgan fingerprint density at radius 3 is 0.944 bits per heavy atom. The predicted molar refractivity (Wildman–Crippen MR) is 507 cm³/mol. The molecule has 0 radical (unpaired) electrons. The summed E-state index contributed by atoms with van der Waals surface area (Å²) in [5, 5.41) is 59.3. The van der Waals surface area contributed by atoms with Crippen molar-refractivity contribution < 1.29 is 40.1 Å². The van der Waals surface area contributed by atoms with E-state index in [0.29, 0.717) is 118 Å². The van der Waals surface area contributed by atoms with Crippen LogP contribution in [0.1, 0.15) is 274 Å². The van der Waals surface area contributed by atoms with Crippen LogP contribution in [0.25, 0.3) is 0 Å². The maximum atomic E-state index is 9.90. The Labute approximate surface area is 753 Å². The number of phenols is 6. The molecule has 0 spiro atoms. The lowest BCUT2D eigenvalue weighted by molar-refractivity contribution is -0.00671. The maximum absolute atomic E-state index is 9.90. The van der Waals surface area contributed by atoms with Gasteiger partial charge in [-0.05, 0) is 412 Å². The van der Waals surface area contributed by atoms with E-state index in [1.165, 1.54) is 196 Å². The molecule has 682 valence electrons. The monoisotopic (exact) mass is 1710 g/mol. The number of hydrogen-bond acceptors (Lipinski definition) is 14. The van der Waals surface area contributed by atoms with Gasteiger partial charge in [-0.15, -0.1) is 0 Å². The lowest BCUT2D eigenvalue weighted by Crippen LogP contribution is -2.60. The highest BCUT2D eigenvalue weighted by molar-refractivity contribution is 5.50. The van der Waals surface area contributed by atoms with Gasteiger partial charge < -0.3 is 40.1 Å². The number of piperidine rings is 6. The summed E-state index contributed by atoms with van der Waals surface area (Å²) in [6.45, 7) is 54.3. The standard InChI is InChI=1S/C19H27NO2.2C19H27NO.C19H29NO.C18H25NO.C17H25NO2/c1-13-18-10-14-5-6-15(21)11-17(14)19(13,2)7-8-20(18)12-16-4-3-9-22-16;2*1-12-18-10-15-6-7-16(21)11-17(15)19(12,3)8-9-20(18)13(2)14-4-5-14;1-13-17-10-14-6-7-15(21)11-16(14)19(13,5)8-9-20(17)12-18(2,3)4;1-12-17-9-14-5-6-15(20)10-16(14)18(12,2)7-8-19(17)11-13-3-4-13;1-12-16-10-13-4-5-14(19)11-15(13)17(12,2)6-7-18(16)8-9-20-3/h5-6,11,13,16,18,21H,3-4,7-10,12H2,1-2H3;2*6-7,11-14,18,21H,4-5,8-10H2,1-3H3;6-7,11,13,17,21H,8-10,12H2,1-5H3;5-6,10,12-13,17,20H,3-4,7-9,11H2,1-2H3;4-5,11-12,16,19H,6-10H2,1-3H3/t13-,16+,18+,19+;12?,13-,18+,19+;12?,13-,18-,19-;13?,17?,19-;12?,17?,18-;12-,16+,17+/m001110/s1. The van der Waals surface area contributed by atoms with Gasteiger partial charge in [0.2, 0.25) is 0 Å². The third kappa shape index (κ3) is 17.5. The van der Waals surface area contributed by atoms with Crippen molar-refractivity contribution in [3.8, 4) is 34.5 Å². The first-order chi connectivity index (χ1) is 59.4. The number of phenolic OH excluding ortho intramolecular Hbond substituents is 6. The maximum Gasteiger partial charge on any atom is 0.115 e. The van der Waals surface area contributed by atoms with Gasteiger partial charge in [0.15, 0.2) is 0 Å². The van der Waals surface area contributed by atoms with Crippen molar-refractivity contribution in [1.82, 2.24) is 29.4 Å². The van der Waals surface area contributed by atoms with Crippen LogP contribution in [0.4, 0.5) is 0 Å². The van der Waals surface area contributed by atoms with Crippen LogP contribution in [0.2, 0.25) is 0 Å². The Hall–Kier alpha value is -6.20. The first-order valence-corrected chi connectivity index (χ1v) is 50.0. The van der Waals surface area contributed by atoms with Gasteiger partial charge in [0.1, 0.15) is 34.5 Å². The molecule has 22 rings (SSSR count). The zero-order valence-electron chi connectivity index (χ0n) is 80.1. The average Bonchev–Trinajstić information content (AvgIpc) is 1.76. The summed E-state index contributed by atoms with van der Waals surface area (Å²) in [6.07, 6.45) is 25.5. The van der Waals surface area contributed by atoms with E-state index in [9.17, 15) is 30.6 Å². The van der Waals surface area contributed by atoms with Gasteiger partial charge in [0.05, 0.1) is 12.7 Å². The molecule has 10 fully saturated rings. The summed E-state index contributed by atoms with van der Waals surface area (Å²) in [5.41, 5.74) is 18.7. The number of nitrogens with zero attached hydrogens (tertiary/aromatic N) is 6. The van der Waals surface area contributed by atoms with Crippen LogP contribution in [0.15, 0.2) is 109 Å². The minimum Gasteiger partial charge on any atom is -0.508 e. The first-order valence-electron chi connectivity index (χ1n) is 50.0. The van der Waals surface area contributed by atoms with Crippen molar-refractivity contribution >= 4 is 0 Å². The summed E-state index contributed by atoms with van der Waals surface area (Å²) in [6, 6.07) is 41.5. The Morgan fingerprint density at radius 2 is 0.648 bits per heavy atom. The molecule has 14 nitrogen and oxygen atoms in total. The SMILES string of the molecule is CC1C2Cc3ccc(O)cc3[C@]1(C)CCN2CC(C)(C)C.CC1C2Cc3ccc(O)cc3[C@]1(C)CCN2CC1CC1.CC1[C@H]2Cc3ccc(O)cc3[C@]1(C)CCN2[C@@H](C)C1CC1.CC1[C@H]2Cc3ccc(O)cc3[C@]1(C)CCN2[C@H](C)C1CC1.COCCN1CC[C@@]2(C)c3cc(O)ccc3C[C@@H]1[C@@H]2C.C[C@H]1[C@H]2Cc3ccc(O)cc3[C@]1(C)CCN2C[C@H]1CCCO1. The molecule has 6 aromatic rings. The third-order valence-corrected chi connectivity index (χ3v) is 38.1. The van der Waals surface area contributed by atoms with Crippen molar-refractivity contribution in [2.24, 2.45) is 58.7 Å². The van der Waals surface area contributed by atoms with E-state index in [4.69, 9.17) is 9.47 Å². The summed E-state index contributed by atoms with van der Waals surface area (Å²) >= 11 is 0. The van der Waals surface area contributed by atoms with Gasteiger partial charge in [-0.2, -0.15) is 0 Å². The summed E-state index contributed by atoms with van der Waals surface area (Å²) in [7, 11) is 1.77. The third-order valence-electron chi connectivity index (χ3n) is 38.1. The van der Waals surface area contributed by atoms with Gasteiger partial charge in [-0.3, -0.25) is 29.4 Å². The molecule has 7 heterocycles. The first kappa shape index (κ1) is 90.7. The molecule has 16 aliphatic rings. The molecule has 14 heteroatoms. The molecule has 125 heavy (non-hydrogen) atoms. The largest absolute Gasteiger partial charge is 0.508 e. The second kappa shape index (κ2) is 35.2. The van der Waals surface area contributed by atoms with E-state index in [2.05, 4.69) is 184 Å². The molecule has 7 aliphatic heterocycles. The van der Waals surface area contributed by atoms with Crippen molar-refractivity contribution in [3.63, 3.8) is 0 Å². The average molecular weight is 1710 g/mol. The Kier molecular flexibility index (Phi) is 25.5. The van der Waals surface area contributed by atoms with Crippen molar-refractivity contribution in [2.75, 3.05) is 85.8 Å². The van der Waals surface area contributed by atoms with Gasteiger partial charge >= 0.3 is 0 Å². The fourth-order valence-corrected chi connectivity index (χ4v) is 28.2. The Morgan fingerprint density at radius 1 is 0.368 bits per heavy atom. The number of methoxy groups -OCH3 is 1. The van der Waals surface area contributed by atoms with Crippen molar-refractivity contribution in [1.29, 1.82) is 0 Å². The van der Waals surface area contributed by atoms with E-state index >= 15 is 0 Å². The molecule has 12 bridgehead atoms. The molecule has 0 amide bonds. The van der Waals surface area contributed by atoms with Crippen LogP contribution in [-0.4, -0.2) is 200 Å². The number of aromatic hydroxyl groups is 6. The van der Waals surface area contributed by atoms with Crippen LogP contribution in [0, 0.1) is 58.7 Å². The van der Waals surface area contributed by atoms with Crippen LogP contribution in [0.3, 0.4) is 0 Å². The molecular formula is C111H160N6O8. The zero-order valence-corrected chi connectivity index (χ0v) is 80.1. The van der Waals surface area contributed by atoms with E-state index in [0.717, 1.165) is 108 Å². The second-order valence-electron chi connectivity index (χ2n) is 46.2. The molecule has 21 atom stereocenters. The summed E-state index contributed by atoms with van der Waals surface area (Å²) in [4.78, 5) is 16.4. The fourth-order valence-electron chi connectivity index (χ4n) is 28.2. The molecule has 3 saturated carbocycles. The minimum atomic E-state index is 0.195. The van der Waals surface area contributed by atoms with Crippen LogP contribution < -0.4 is 0 Å². The zero-order chi connectivity index (χ0) is 88.5. The van der Waals surface area contributed by atoms with E-state index in [1.54, 1.807) is 7.11 Å². The Bertz CT molecular complexity index is 4710.